The second-order valence-corrected chi connectivity index (χ2v) is 4.24. The number of hydrogen-bond donors (Lipinski definition) is 1. The summed E-state index contributed by atoms with van der Waals surface area (Å²) in [6.07, 6.45) is 5.30. The van der Waals surface area contributed by atoms with E-state index in [0.717, 1.165) is 37.2 Å². The highest BCUT2D eigenvalue weighted by Crippen LogP contribution is 2.16. The molecule has 1 fully saturated rings. The van der Waals surface area contributed by atoms with Crippen LogP contribution in [-0.4, -0.2) is 22.1 Å². The van der Waals surface area contributed by atoms with Crippen LogP contribution in [0.3, 0.4) is 0 Å². The molecule has 4 heteroatoms. The molecule has 84 valence electrons. The van der Waals surface area contributed by atoms with Gasteiger partial charge in [0, 0.05) is 31.0 Å². The summed E-state index contributed by atoms with van der Waals surface area (Å²) in [6.45, 7) is 0.866. The molecule has 1 atom stereocenters. The zero-order valence-electron chi connectivity index (χ0n) is 8.98. The summed E-state index contributed by atoms with van der Waals surface area (Å²) in [5.41, 5.74) is 1.92. The summed E-state index contributed by atoms with van der Waals surface area (Å²) in [6, 6.07) is 5.24. The number of aromatic amines is 1. The van der Waals surface area contributed by atoms with Crippen molar-refractivity contribution < 1.29 is 4.74 Å². The first-order chi connectivity index (χ1) is 7.83. The van der Waals surface area contributed by atoms with Crippen molar-refractivity contribution in [3.05, 3.63) is 40.4 Å². The number of nitrogens with zero attached hydrogens (tertiary/aromatic N) is 1. The first-order valence-corrected chi connectivity index (χ1v) is 5.64. The molecule has 2 aromatic rings. The van der Waals surface area contributed by atoms with Gasteiger partial charge in [-0.15, -0.1) is 0 Å². The van der Waals surface area contributed by atoms with Crippen LogP contribution < -0.4 is 5.56 Å². The Kier molecular flexibility index (Phi) is 2.29. The minimum absolute atomic E-state index is 0.00680. The molecule has 16 heavy (non-hydrogen) atoms. The van der Waals surface area contributed by atoms with Crippen molar-refractivity contribution in [2.24, 2.45) is 0 Å². The van der Waals surface area contributed by atoms with Crippen molar-refractivity contribution in [3.63, 3.8) is 0 Å². The van der Waals surface area contributed by atoms with Gasteiger partial charge in [0.2, 0.25) is 0 Å². The van der Waals surface area contributed by atoms with Gasteiger partial charge in [-0.1, -0.05) is 6.07 Å². The van der Waals surface area contributed by atoms with Crippen molar-refractivity contribution in [1.29, 1.82) is 0 Å². The van der Waals surface area contributed by atoms with Crippen LogP contribution in [0, 0.1) is 0 Å². The monoisotopic (exact) mass is 218 g/mol. The molecule has 0 aromatic carbocycles. The zero-order chi connectivity index (χ0) is 11.0. The summed E-state index contributed by atoms with van der Waals surface area (Å²) in [7, 11) is 0. The summed E-state index contributed by atoms with van der Waals surface area (Å²) < 4.78 is 7.22. The van der Waals surface area contributed by atoms with Crippen molar-refractivity contribution in [2.45, 2.75) is 25.4 Å². The van der Waals surface area contributed by atoms with E-state index in [1.165, 1.54) is 0 Å². The number of pyridine rings is 1. The largest absolute Gasteiger partial charge is 0.378 e. The van der Waals surface area contributed by atoms with Crippen LogP contribution >= 0.6 is 0 Å². The van der Waals surface area contributed by atoms with Crippen LogP contribution in [0.4, 0.5) is 0 Å². The molecule has 3 heterocycles. The van der Waals surface area contributed by atoms with E-state index in [1.807, 2.05) is 12.3 Å². The normalized spacial score (nSPS) is 20.6. The van der Waals surface area contributed by atoms with Crippen molar-refractivity contribution in [3.8, 4) is 0 Å². The quantitative estimate of drug-likeness (QED) is 0.827. The van der Waals surface area contributed by atoms with Crippen LogP contribution in [0.2, 0.25) is 0 Å². The number of hydrogen-bond acceptors (Lipinski definition) is 2. The van der Waals surface area contributed by atoms with Gasteiger partial charge in [-0.05, 0) is 18.9 Å². The first-order valence-electron chi connectivity index (χ1n) is 5.64. The molecule has 1 N–H and O–H groups in total. The first kappa shape index (κ1) is 9.66. The highest BCUT2D eigenvalue weighted by molar-refractivity contribution is 5.39. The lowest BCUT2D eigenvalue weighted by molar-refractivity contribution is 0.111. The maximum atomic E-state index is 11.5. The Hall–Kier alpha value is -1.55. The van der Waals surface area contributed by atoms with Crippen LogP contribution in [0.5, 0.6) is 0 Å². The third-order valence-electron chi connectivity index (χ3n) is 3.04. The molecular weight excluding hydrogens is 204 g/mol. The van der Waals surface area contributed by atoms with Gasteiger partial charge in [0.05, 0.1) is 6.10 Å². The molecule has 3 rings (SSSR count). The molecule has 0 amide bonds. The third kappa shape index (κ3) is 1.65. The van der Waals surface area contributed by atoms with Gasteiger partial charge in [0.25, 0.3) is 5.56 Å². The zero-order valence-corrected chi connectivity index (χ0v) is 8.98. The Labute approximate surface area is 92.9 Å². The highest BCUT2D eigenvalue weighted by Gasteiger charge is 2.16. The molecule has 2 aromatic heterocycles. The van der Waals surface area contributed by atoms with E-state index >= 15 is 0 Å². The fourth-order valence-corrected chi connectivity index (χ4v) is 2.24. The van der Waals surface area contributed by atoms with E-state index in [9.17, 15) is 4.79 Å². The fourth-order valence-electron chi connectivity index (χ4n) is 2.24. The van der Waals surface area contributed by atoms with Gasteiger partial charge in [0.15, 0.2) is 0 Å². The number of nitrogens with one attached hydrogen (secondary N) is 1. The summed E-state index contributed by atoms with van der Waals surface area (Å²) in [5.74, 6) is 0. The summed E-state index contributed by atoms with van der Waals surface area (Å²) in [4.78, 5) is 14.8. The minimum Gasteiger partial charge on any atom is -0.378 e. The smallest absolute Gasteiger partial charge is 0.256 e. The maximum absolute atomic E-state index is 11.5. The maximum Gasteiger partial charge on any atom is 0.256 e. The predicted molar refractivity (Wildman–Crippen MR) is 60.7 cm³/mol. The van der Waals surface area contributed by atoms with Gasteiger partial charge in [-0.25, -0.2) is 0 Å². The molecule has 0 saturated carbocycles. The second-order valence-electron chi connectivity index (χ2n) is 4.24. The Bertz CT molecular complexity index is 549. The van der Waals surface area contributed by atoms with Crippen molar-refractivity contribution >= 4 is 5.65 Å². The number of imidazole rings is 1. The fraction of sp³-hybridized carbons (Fsp3) is 0.417. The van der Waals surface area contributed by atoms with Crippen molar-refractivity contribution in [1.82, 2.24) is 9.38 Å². The lowest BCUT2D eigenvalue weighted by atomic mass is 10.1. The topological polar surface area (TPSA) is 46.5 Å². The molecule has 0 aliphatic carbocycles. The third-order valence-corrected chi connectivity index (χ3v) is 3.04. The van der Waals surface area contributed by atoms with Crippen molar-refractivity contribution in [2.75, 3.05) is 6.61 Å². The standard InChI is InChI=1S/C12H14N2O2/c15-12-5-1-4-11-13-9(8-14(11)12)7-10-3-2-6-16-10/h1,4-5,8,10,13H,2-3,6-7H2. The molecule has 0 bridgehead atoms. The van der Waals surface area contributed by atoms with Gasteiger partial charge in [-0.2, -0.15) is 0 Å². The van der Waals surface area contributed by atoms with Crippen LogP contribution in [0.15, 0.2) is 29.2 Å². The highest BCUT2D eigenvalue weighted by atomic mass is 16.5. The average molecular weight is 218 g/mol. The molecule has 0 radical (unpaired) electrons. The lowest BCUT2D eigenvalue weighted by Crippen LogP contribution is -2.09. The molecule has 1 aliphatic heterocycles. The average Bonchev–Trinajstić information content (AvgIpc) is 2.88. The molecule has 1 saturated heterocycles. The summed E-state index contributed by atoms with van der Waals surface area (Å²) >= 11 is 0. The van der Waals surface area contributed by atoms with E-state index in [2.05, 4.69) is 4.98 Å². The lowest BCUT2D eigenvalue weighted by Gasteiger charge is -2.05. The van der Waals surface area contributed by atoms with Crippen LogP contribution in [0.1, 0.15) is 18.5 Å². The Morgan fingerprint density at radius 2 is 2.44 bits per heavy atom. The Balaban J connectivity index is 1.93. The molecule has 4 nitrogen and oxygen atoms in total. The molecule has 1 unspecified atom stereocenters. The number of fused-ring (bicyclic) bond motifs is 1. The van der Waals surface area contributed by atoms with Gasteiger partial charge < -0.3 is 9.72 Å². The number of ether oxygens (including phenoxy) is 1. The minimum atomic E-state index is 0.00680. The van der Waals surface area contributed by atoms with E-state index in [4.69, 9.17) is 4.74 Å². The van der Waals surface area contributed by atoms with Crippen LogP contribution in [-0.2, 0) is 11.2 Å². The Morgan fingerprint density at radius 1 is 1.50 bits per heavy atom. The van der Waals surface area contributed by atoms with E-state index in [0.29, 0.717) is 6.10 Å². The molecular formula is C12H14N2O2. The van der Waals surface area contributed by atoms with E-state index in [-0.39, 0.29) is 5.56 Å². The van der Waals surface area contributed by atoms with Gasteiger partial charge >= 0.3 is 0 Å². The number of H-pyrrole nitrogens is 1. The molecule has 0 spiro atoms. The SMILES string of the molecule is O=c1cccc2[nH]c(CC3CCCO3)cn12. The number of rotatable bonds is 2. The Morgan fingerprint density at radius 3 is 3.19 bits per heavy atom. The van der Waals surface area contributed by atoms with Crippen LogP contribution in [0.25, 0.3) is 5.65 Å². The van der Waals surface area contributed by atoms with Gasteiger partial charge in [-0.3, -0.25) is 9.20 Å². The predicted octanol–water partition coefficient (Wildman–Crippen LogP) is 1.35. The molecule has 1 aliphatic rings. The second kappa shape index (κ2) is 3.79. The van der Waals surface area contributed by atoms with E-state index in [1.54, 1.807) is 16.5 Å². The van der Waals surface area contributed by atoms with E-state index < -0.39 is 0 Å². The number of aromatic nitrogens is 2. The summed E-state index contributed by atoms with van der Waals surface area (Å²) in [5, 5.41) is 0. The van der Waals surface area contributed by atoms with Gasteiger partial charge in [0.1, 0.15) is 5.65 Å².